The molecule has 1 N–H and O–H groups in total. The van der Waals surface area contributed by atoms with Crippen LogP contribution in [0.1, 0.15) is 26.3 Å². The number of ether oxygens (including phenoxy) is 2. The molecular formula is C18H24FNO4. The van der Waals surface area contributed by atoms with Gasteiger partial charge in [0, 0.05) is 6.08 Å². The number of esters is 1. The third kappa shape index (κ3) is 7.76. The maximum Gasteiger partial charge on any atom is 0.407 e. The second-order valence-corrected chi connectivity index (χ2v) is 6.27. The van der Waals surface area contributed by atoms with Crippen molar-refractivity contribution in [3.63, 3.8) is 0 Å². The van der Waals surface area contributed by atoms with E-state index in [2.05, 4.69) is 10.1 Å². The molecule has 1 aromatic carbocycles. The summed E-state index contributed by atoms with van der Waals surface area (Å²) in [6.07, 6.45) is 0.0394. The highest BCUT2D eigenvalue weighted by molar-refractivity contribution is 5.81. The van der Waals surface area contributed by atoms with E-state index in [0.717, 1.165) is 17.7 Å². The number of alkyl halides is 1. The molecule has 0 bridgehead atoms. The van der Waals surface area contributed by atoms with Gasteiger partial charge in [0.1, 0.15) is 11.8 Å². The molecule has 0 aliphatic heterocycles. The van der Waals surface area contributed by atoms with Crippen molar-refractivity contribution in [2.24, 2.45) is 0 Å². The van der Waals surface area contributed by atoms with Gasteiger partial charge in [-0.3, -0.25) is 0 Å². The monoisotopic (exact) mass is 337 g/mol. The Bertz CT molecular complexity index is 566. The summed E-state index contributed by atoms with van der Waals surface area (Å²) in [5.74, 6) is -0.659. The highest BCUT2D eigenvalue weighted by Gasteiger charge is 2.25. The fourth-order valence-electron chi connectivity index (χ4n) is 1.94. The molecule has 0 radical (unpaired) electrons. The lowest BCUT2D eigenvalue weighted by Gasteiger charge is -2.24. The number of carbonyl (C=O) groups is 2. The molecule has 1 unspecified atom stereocenters. The number of amides is 1. The molecule has 0 saturated heterocycles. The number of halogens is 1. The molecule has 5 nitrogen and oxygen atoms in total. The summed E-state index contributed by atoms with van der Waals surface area (Å²) >= 11 is 0. The fourth-order valence-corrected chi connectivity index (χ4v) is 1.94. The lowest BCUT2D eigenvalue weighted by molar-refractivity contribution is -0.134. The van der Waals surface area contributed by atoms with Gasteiger partial charge in [-0.1, -0.05) is 30.3 Å². The number of benzene rings is 1. The first-order valence-electron chi connectivity index (χ1n) is 7.65. The Morgan fingerprint density at radius 2 is 1.88 bits per heavy atom. The highest BCUT2D eigenvalue weighted by Crippen LogP contribution is 2.12. The molecule has 0 aliphatic rings. The maximum atomic E-state index is 14.5. The van der Waals surface area contributed by atoms with Gasteiger partial charge in [0.05, 0.1) is 13.2 Å². The van der Waals surface area contributed by atoms with Gasteiger partial charge >= 0.3 is 12.1 Å². The fraction of sp³-hybridized carbons (Fsp3) is 0.444. The molecule has 2 atom stereocenters. The van der Waals surface area contributed by atoms with Gasteiger partial charge in [-0.25, -0.2) is 14.0 Å². The topological polar surface area (TPSA) is 64.6 Å². The number of hydrogen-bond donors (Lipinski definition) is 1. The zero-order valence-corrected chi connectivity index (χ0v) is 14.4. The molecule has 0 saturated carbocycles. The van der Waals surface area contributed by atoms with Crippen LogP contribution >= 0.6 is 0 Å². The lowest BCUT2D eigenvalue weighted by Crippen LogP contribution is -2.44. The average Bonchev–Trinajstić information content (AvgIpc) is 2.50. The average molecular weight is 337 g/mol. The van der Waals surface area contributed by atoms with E-state index in [1.165, 1.54) is 7.11 Å². The first-order chi connectivity index (χ1) is 11.2. The van der Waals surface area contributed by atoms with E-state index < -0.39 is 29.9 Å². The molecule has 0 heterocycles. The molecule has 0 aliphatic carbocycles. The standard InChI is InChI=1S/C18H24FNO4/c1-18(2,3)24-17(22)20-15(12-13-8-6-5-7-9-13)14(19)10-11-16(21)23-4/h5-11,14-15H,12H2,1-4H3,(H,20,22)/b11-10+/t14?,15-/m0/s1. The van der Waals surface area contributed by atoms with Crippen LogP contribution in [-0.2, 0) is 20.7 Å². The first kappa shape index (κ1) is 19.7. The van der Waals surface area contributed by atoms with E-state index in [4.69, 9.17) is 4.74 Å². The van der Waals surface area contributed by atoms with Crippen molar-refractivity contribution in [1.82, 2.24) is 5.32 Å². The molecule has 6 heteroatoms. The molecule has 0 fully saturated rings. The SMILES string of the molecule is COC(=O)/C=C/C(F)[C@H](Cc1ccccc1)NC(=O)OC(C)(C)C. The molecule has 0 spiro atoms. The lowest BCUT2D eigenvalue weighted by atomic mass is 10.0. The number of hydrogen-bond acceptors (Lipinski definition) is 4. The Hall–Kier alpha value is -2.37. The van der Waals surface area contributed by atoms with Gasteiger partial charge in [0.2, 0.25) is 0 Å². The van der Waals surface area contributed by atoms with Gasteiger partial charge in [-0.05, 0) is 38.8 Å². The van der Waals surface area contributed by atoms with E-state index in [1.54, 1.807) is 20.8 Å². The number of rotatable bonds is 6. The third-order valence-corrected chi connectivity index (χ3v) is 3.00. The van der Waals surface area contributed by atoms with Crippen LogP contribution in [0.4, 0.5) is 9.18 Å². The zero-order chi connectivity index (χ0) is 18.2. The number of nitrogens with one attached hydrogen (secondary N) is 1. The summed E-state index contributed by atoms with van der Waals surface area (Å²) in [5.41, 5.74) is 0.169. The van der Waals surface area contributed by atoms with Gasteiger partial charge in [-0.2, -0.15) is 0 Å². The summed E-state index contributed by atoms with van der Waals surface area (Å²) in [6.45, 7) is 5.18. The van der Waals surface area contributed by atoms with Gasteiger partial charge in [0.15, 0.2) is 0 Å². The predicted octanol–water partition coefficient (Wildman–Crippen LogP) is 3.19. The molecule has 1 amide bonds. The van der Waals surface area contributed by atoms with Crippen LogP contribution in [0.25, 0.3) is 0 Å². The summed E-state index contributed by atoms with van der Waals surface area (Å²) in [5, 5.41) is 2.52. The minimum absolute atomic E-state index is 0.257. The van der Waals surface area contributed by atoms with Gasteiger partial charge in [-0.15, -0.1) is 0 Å². The van der Waals surface area contributed by atoms with E-state index in [-0.39, 0.29) is 6.42 Å². The molecule has 0 aromatic heterocycles. The van der Waals surface area contributed by atoms with Crippen LogP contribution in [0.2, 0.25) is 0 Å². The molecular weight excluding hydrogens is 313 g/mol. The Kier molecular flexibility index (Phi) is 7.42. The Morgan fingerprint density at radius 3 is 2.42 bits per heavy atom. The van der Waals surface area contributed by atoms with Gasteiger partial charge < -0.3 is 14.8 Å². The Balaban J connectivity index is 2.84. The van der Waals surface area contributed by atoms with E-state index in [1.807, 2.05) is 30.3 Å². The van der Waals surface area contributed by atoms with Crippen molar-refractivity contribution < 1.29 is 23.5 Å². The summed E-state index contributed by atoms with van der Waals surface area (Å²) < 4.78 is 24.1. The summed E-state index contributed by atoms with van der Waals surface area (Å²) in [7, 11) is 1.21. The largest absolute Gasteiger partial charge is 0.466 e. The van der Waals surface area contributed by atoms with E-state index >= 15 is 0 Å². The number of alkyl carbamates (subject to hydrolysis) is 1. The van der Waals surface area contributed by atoms with Crippen molar-refractivity contribution in [1.29, 1.82) is 0 Å². The normalized spacial score (nSPS) is 14.0. The zero-order valence-electron chi connectivity index (χ0n) is 14.4. The van der Waals surface area contributed by atoms with Crippen molar-refractivity contribution >= 4 is 12.1 Å². The van der Waals surface area contributed by atoms with Crippen LogP contribution in [0, 0.1) is 0 Å². The van der Waals surface area contributed by atoms with Crippen LogP contribution in [0.5, 0.6) is 0 Å². The second kappa shape index (κ2) is 9.05. The molecule has 1 aromatic rings. The number of carbonyl (C=O) groups excluding carboxylic acids is 2. The Morgan fingerprint density at radius 1 is 1.25 bits per heavy atom. The quantitative estimate of drug-likeness (QED) is 0.639. The first-order valence-corrected chi connectivity index (χ1v) is 7.65. The minimum Gasteiger partial charge on any atom is -0.466 e. The highest BCUT2D eigenvalue weighted by atomic mass is 19.1. The van der Waals surface area contributed by atoms with E-state index in [0.29, 0.717) is 0 Å². The van der Waals surface area contributed by atoms with Crippen LogP contribution < -0.4 is 5.32 Å². The van der Waals surface area contributed by atoms with Crippen molar-refractivity contribution in [2.75, 3.05) is 7.11 Å². The smallest absolute Gasteiger partial charge is 0.407 e. The summed E-state index contributed by atoms with van der Waals surface area (Å²) in [6, 6.07) is 8.31. The third-order valence-electron chi connectivity index (χ3n) is 3.00. The van der Waals surface area contributed by atoms with Gasteiger partial charge in [0.25, 0.3) is 0 Å². The minimum atomic E-state index is -1.57. The maximum absolute atomic E-state index is 14.5. The predicted molar refractivity (Wildman–Crippen MR) is 89.4 cm³/mol. The van der Waals surface area contributed by atoms with Crippen LogP contribution in [0.15, 0.2) is 42.5 Å². The van der Waals surface area contributed by atoms with Crippen molar-refractivity contribution in [3.8, 4) is 0 Å². The number of methoxy groups -OCH3 is 1. The van der Waals surface area contributed by atoms with E-state index in [9.17, 15) is 14.0 Å². The summed E-state index contributed by atoms with van der Waals surface area (Å²) in [4.78, 5) is 23.1. The second-order valence-electron chi connectivity index (χ2n) is 6.27. The Labute approximate surface area is 141 Å². The van der Waals surface area contributed by atoms with Crippen molar-refractivity contribution in [2.45, 2.75) is 45.0 Å². The van der Waals surface area contributed by atoms with Crippen molar-refractivity contribution in [3.05, 3.63) is 48.0 Å². The molecule has 1 rings (SSSR count). The van der Waals surface area contributed by atoms with Crippen LogP contribution in [0.3, 0.4) is 0 Å². The molecule has 24 heavy (non-hydrogen) atoms. The van der Waals surface area contributed by atoms with Crippen LogP contribution in [-0.4, -0.2) is 37.0 Å². The molecule has 132 valence electrons.